The lowest BCUT2D eigenvalue weighted by molar-refractivity contribution is 0.252. The molecular weight excluding hydrogens is 318 g/mol. The van der Waals surface area contributed by atoms with E-state index in [1.165, 1.54) is 0 Å². The number of benzene rings is 2. The number of nitrogens with one attached hydrogen (secondary N) is 2. The molecule has 0 bridgehead atoms. The summed E-state index contributed by atoms with van der Waals surface area (Å²) in [7, 11) is 0. The normalized spacial score (nSPS) is 10.5. The van der Waals surface area contributed by atoms with Crippen LogP contribution in [0, 0.1) is 6.92 Å². The van der Waals surface area contributed by atoms with E-state index < -0.39 is 0 Å². The Hall–Kier alpha value is -2.14. The molecule has 0 spiro atoms. The number of para-hydroxylation sites is 1. The Balaban J connectivity index is 1.93. The van der Waals surface area contributed by atoms with Crippen LogP contribution >= 0.6 is 15.9 Å². The number of rotatable bonds is 3. The van der Waals surface area contributed by atoms with Crippen molar-refractivity contribution in [3.63, 3.8) is 0 Å². The summed E-state index contributed by atoms with van der Waals surface area (Å²) in [6.45, 7) is 1.93. The Labute approximate surface area is 126 Å². The van der Waals surface area contributed by atoms with E-state index in [4.69, 9.17) is 0 Å². The minimum Gasteiger partial charge on any atom is -0.306 e. The van der Waals surface area contributed by atoms with Gasteiger partial charge in [0.05, 0.1) is 6.21 Å². The van der Waals surface area contributed by atoms with Gasteiger partial charge in [-0.3, -0.25) is 0 Å². The molecule has 2 rings (SSSR count). The zero-order chi connectivity index (χ0) is 14.4. The highest BCUT2D eigenvalue weighted by Crippen LogP contribution is 2.14. The Bertz CT molecular complexity index is 641. The third kappa shape index (κ3) is 3.93. The maximum Gasteiger partial charge on any atom is 0.339 e. The highest BCUT2D eigenvalue weighted by atomic mass is 79.9. The van der Waals surface area contributed by atoms with E-state index >= 15 is 0 Å². The standard InChI is InChI=1S/C15H14BrN3O/c1-11-6-2-5-9-14(11)18-15(20)19-17-10-12-7-3-4-8-13(12)16/h2-10H,1H3,(H2,18,19,20). The van der Waals surface area contributed by atoms with E-state index in [1.54, 1.807) is 6.21 Å². The topological polar surface area (TPSA) is 53.5 Å². The van der Waals surface area contributed by atoms with Gasteiger partial charge in [-0.05, 0) is 24.6 Å². The molecule has 0 fully saturated rings. The van der Waals surface area contributed by atoms with Crippen LogP contribution in [0.2, 0.25) is 0 Å². The molecule has 102 valence electrons. The zero-order valence-corrected chi connectivity index (χ0v) is 12.5. The Morgan fingerprint density at radius 1 is 1.15 bits per heavy atom. The number of aryl methyl sites for hydroxylation is 1. The number of carbonyl (C=O) groups excluding carboxylic acids is 1. The van der Waals surface area contributed by atoms with E-state index in [2.05, 4.69) is 31.8 Å². The second-order valence-electron chi connectivity index (χ2n) is 4.16. The second-order valence-corrected chi connectivity index (χ2v) is 5.01. The minimum absolute atomic E-state index is 0.373. The van der Waals surface area contributed by atoms with Gasteiger partial charge in [0.15, 0.2) is 0 Å². The summed E-state index contributed by atoms with van der Waals surface area (Å²) in [6, 6.07) is 14.8. The third-order valence-corrected chi connectivity index (χ3v) is 3.39. The second kappa shape index (κ2) is 6.86. The maximum atomic E-state index is 11.7. The average Bonchev–Trinajstić information content (AvgIpc) is 2.43. The van der Waals surface area contributed by atoms with Gasteiger partial charge in [-0.15, -0.1) is 0 Å². The number of nitrogens with zero attached hydrogens (tertiary/aromatic N) is 1. The Kier molecular flexibility index (Phi) is 4.90. The van der Waals surface area contributed by atoms with Crippen LogP contribution in [-0.4, -0.2) is 12.2 Å². The van der Waals surface area contributed by atoms with Gasteiger partial charge < -0.3 is 5.32 Å². The lowest BCUT2D eigenvalue weighted by atomic mass is 10.2. The van der Waals surface area contributed by atoms with E-state index in [-0.39, 0.29) is 6.03 Å². The van der Waals surface area contributed by atoms with Crippen molar-refractivity contribution in [1.29, 1.82) is 0 Å². The largest absolute Gasteiger partial charge is 0.339 e. The molecule has 5 heteroatoms. The van der Waals surface area contributed by atoms with Crippen LogP contribution in [0.25, 0.3) is 0 Å². The molecule has 2 aromatic carbocycles. The fraction of sp³-hybridized carbons (Fsp3) is 0.0667. The number of hydrogen-bond acceptors (Lipinski definition) is 2. The van der Waals surface area contributed by atoms with E-state index in [0.717, 1.165) is 21.3 Å². The van der Waals surface area contributed by atoms with Crippen LogP contribution < -0.4 is 10.7 Å². The van der Waals surface area contributed by atoms with Gasteiger partial charge in [0.25, 0.3) is 0 Å². The molecule has 0 radical (unpaired) electrons. The Morgan fingerprint density at radius 2 is 1.85 bits per heavy atom. The van der Waals surface area contributed by atoms with Gasteiger partial charge in [-0.1, -0.05) is 52.3 Å². The van der Waals surface area contributed by atoms with Crippen LogP contribution in [-0.2, 0) is 0 Å². The molecular formula is C15H14BrN3O. The maximum absolute atomic E-state index is 11.7. The molecule has 2 aromatic rings. The number of halogens is 1. The first kappa shape index (κ1) is 14.3. The van der Waals surface area contributed by atoms with Crippen LogP contribution in [0.1, 0.15) is 11.1 Å². The molecule has 0 unspecified atom stereocenters. The van der Waals surface area contributed by atoms with E-state index in [9.17, 15) is 4.79 Å². The van der Waals surface area contributed by atoms with Gasteiger partial charge in [0, 0.05) is 15.7 Å². The van der Waals surface area contributed by atoms with Gasteiger partial charge in [-0.2, -0.15) is 5.10 Å². The summed E-state index contributed by atoms with van der Waals surface area (Å²) < 4.78 is 0.921. The molecule has 4 nitrogen and oxygen atoms in total. The van der Waals surface area contributed by atoms with Crippen molar-refractivity contribution in [3.05, 3.63) is 64.1 Å². The van der Waals surface area contributed by atoms with Crippen molar-refractivity contribution < 1.29 is 4.79 Å². The first-order valence-corrected chi connectivity index (χ1v) is 6.86. The SMILES string of the molecule is Cc1ccccc1NC(=O)NN=Cc1ccccc1Br. The monoisotopic (exact) mass is 331 g/mol. The van der Waals surface area contributed by atoms with Gasteiger partial charge in [0.2, 0.25) is 0 Å². The van der Waals surface area contributed by atoms with E-state index in [1.807, 2.05) is 55.5 Å². The number of carbonyl (C=O) groups is 1. The predicted octanol–water partition coefficient (Wildman–Crippen LogP) is 3.91. The van der Waals surface area contributed by atoms with Crippen molar-refractivity contribution in [1.82, 2.24) is 5.43 Å². The summed E-state index contributed by atoms with van der Waals surface area (Å²) in [4.78, 5) is 11.7. The predicted molar refractivity (Wildman–Crippen MR) is 85.1 cm³/mol. The molecule has 0 saturated heterocycles. The fourth-order valence-electron chi connectivity index (χ4n) is 1.60. The number of hydrogen-bond donors (Lipinski definition) is 2. The Morgan fingerprint density at radius 3 is 2.60 bits per heavy atom. The van der Waals surface area contributed by atoms with Crippen molar-refractivity contribution >= 4 is 33.9 Å². The van der Waals surface area contributed by atoms with Crippen LogP contribution in [0.15, 0.2) is 58.1 Å². The highest BCUT2D eigenvalue weighted by molar-refractivity contribution is 9.10. The van der Waals surface area contributed by atoms with Crippen LogP contribution in [0.4, 0.5) is 10.5 Å². The third-order valence-electron chi connectivity index (χ3n) is 2.67. The van der Waals surface area contributed by atoms with Crippen molar-refractivity contribution in [2.45, 2.75) is 6.92 Å². The van der Waals surface area contributed by atoms with Crippen molar-refractivity contribution in [2.24, 2.45) is 5.10 Å². The molecule has 2 amide bonds. The molecule has 0 saturated carbocycles. The van der Waals surface area contributed by atoms with Crippen LogP contribution in [0.3, 0.4) is 0 Å². The lowest BCUT2D eigenvalue weighted by Crippen LogP contribution is -2.24. The average molecular weight is 332 g/mol. The van der Waals surface area contributed by atoms with E-state index in [0.29, 0.717) is 0 Å². The first-order valence-electron chi connectivity index (χ1n) is 6.07. The number of amides is 2. The van der Waals surface area contributed by atoms with Crippen LogP contribution in [0.5, 0.6) is 0 Å². The summed E-state index contributed by atoms with van der Waals surface area (Å²) in [5.41, 5.74) is 5.09. The summed E-state index contributed by atoms with van der Waals surface area (Å²) in [5, 5.41) is 6.65. The quantitative estimate of drug-likeness (QED) is 0.650. The minimum atomic E-state index is -0.373. The molecule has 0 atom stereocenters. The zero-order valence-electron chi connectivity index (χ0n) is 10.9. The molecule has 0 aliphatic rings. The molecule has 20 heavy (non-hydrogen) atoms. The van der Waals surface area contributed by atoms with Gasteiger partial charge >= 0.3 is 6.03 Å². The summed E-state index contributed by atoms with van der Waals surface area (Å²) in [5.74, 6) is 0. The molecule has 0 aromatic heterocycles. The van der Waals surface area contributed by atoms with Gasteiger partial charge in [0.1, 0.15) is 0 Å². The fourth-order valence-corrected chi connectivity index (χ4v) is 1.99. The molecule has 0 aliphatic carbocycles. The molecule has 0 aliphatic heterocycles. The number of urea groups is 1. The van der Waals surface area contributed by atoms with Crippen molar-refractivity contribution in [2.75, 3.05) is 5.32 Å². The summed E-state index contributed by atoms with van der Waals surface area (Å²) in [6.07, 6.45) is 1.58. The number of anilines is 1. The first-order chi connectivity index (χ1) is 9.66. The summed E-state index contributed by atoms with van der Waals surface area (Å²) >= 11 is 3.41. The lowest BCUT2D eigenvalue weighted by Gasteiger charge is -2.06. The molecule has 2 N–H and O–H groups in total. The smallest absolute Gasteiger partial charge is 0.306 e. The number of hydrazone groups is 1. The molecule has 0 heterocycles. The van der Waals surface area contributed by atoms with Crippen molar-refractivity contribution in [3.8, 4) is 0 Å². The van der Waals surface area contributed by atoms with Gasteiger partial charge in [-0.25, -0.2) is 10.2 Å². The highest BCUT2D eigenvalue weighted by Gasteiger charge is 2.02.